The van der Waals surface area contributed by atoms with E-state index in [4.69, 9.17) is 9.47 Å². The van der Waals surface area contributed by atoms with Crippen molar-refractivity contribution in [1.29, 1.82) is 0 Å². The van der Waals surface area contributed by atoms with E-state index in [1.807, 2.05) is 34.8 Å². The molecule has 0 amide bonds. The summed E-state index contributed by atoms with van der Waals surface area (Å²) in [6.07, 6.45) is 0. The minimum absolute atomic E-state index is 0.0854. The van der Waals surface area contributed by atoms with Crippen molar-refractivity contribution in [3.05, 3.63) is 216 Å². The average molecular weight is 855 g/mol. The standard InChI is InChI=1S/C57H42O4S2/c58-27-29-60-51-25-21-43(35-45(51)37-11-3-1-4-12-37)57(44-22-26-52(61-30-28-59)46(36-44)38-13-5-2-6-14-38)49-23-19-41(55-33-39-15-7-9-17-53(39)62-55)31-47(49)48-32-42(20-24-50(48)57)56-34-40-16-8-10-18-54(40)63-56/h1-26,31-36,58-59H,27-30H2. The van der Waals surface area contributed by atoms with Gasteiger partial charge in [0, 0.05) is 30.3 Å². The molecule has 10 aromatic rings. The zero-order chi connectivity index (χ0) is 42.3. The minimum atomic E-state index is -0.792. The van der Waals surface area contributed by atoms with Crippen LogP contribution in [0.2, 0.25) is 0 Å². The smallest absolute Gasteiger partial charge is 0.127 e. The maximum absolute atomic E-state index is 9.86. The number of thiophene rings is 2. The fraction of sp³-hybridized carbons (Fsp3) is 0.0877. The summed E-state index contributed by atoms with van der Waals surface area (Å²) in [5.41, 5.74) is 12.4. The Hall–Kier alpha value is -6.80. The van der Waals surface area contributed by atoms with Gasteiger partial charge in [-0.2, -0.15) is 0 Å². The van der Waals surface area contributed by atoms with Crippen LogP contribution in [0.4, 0.5) is 0 Å². The summed E-state index contributed by atoms with van der Waals surface area (Å²) >= 11 is 3.65. The highest BCUT2D eigenvalue weighted by atomic mass is 32.1. The van der Waals surface area contributed by atoms with E-state index < -0.39 is 5.41 Å². The van der Waals surface area contributed by atoms with Gasteiger partial charge in [0.15, 0.2) is 0 Å². The Morgan fingerprint density at radius 2 is 0.810 bits per heavy atom. The van der Waals surface area contributed by atoms with Crippen molar-refractivity contribution in [3.63, 3.8) is 0 Å². The zero-order valence-electron chi connectivity index (χ0n) is 34.3. The number of hydrogen-bond donors (Lipinski definition) is 2. The van der Waals surface area contributed by atoms with Crippen LogP contribution in [-0.4, -0.2) is 36.6 Å². The van der Waals surface area contributed by atoms with Gasteiger partial charge < -0.3 is 19.7 Å². The van der Waals surface area contributed by atoms with Crippen molar-refractivity contribution < 1.29 is 19.7 Å². The Morgan fingerprint density at radius 3 is 1.24 bits per heavy atom. The third kappa shape index (κ3) is 6.83. The number of benzene rings is 8. The van der Waals surface area contributed by atoms with Crippen LogP contribution in [0.1, 0.15) is 22.3 Å². The first kappa shape index (κ1) is 39.1. The summed E-state index contributed by atoms with van der Waals surface area (Å²) in [6, 6.07) is 69.8. The van der Waals surface area contributed by atoms with Gasteiger partial charge in [-0.15, -0.1) is 22.7 Å². The van der Waals surface area contributed by atoms with Gasteiger partial charge in [-0.1, -0.05) is 133 Å². The molecular weight excluding hydrogens is 813 g/mol. The SMILES string of the molecule is OCCOc1ccc(C2(c3ccc(OCCO)c(-c4ccccc4)c3)c3ccc(-c4cc5ccccc5s4)cc3-c3cc(-c4cc5ccccc5s4)ccc32)cc1-c1ccccc1. The predicted octanol–water partition coefficient (Wildman–Crippen LogP) is 13.9. The number of fused-ring (bicyclic) bond motifs is 5. The molecule has 0 saturated heterocycles. The first-order valence-corrected chi connectivity index (χ1v) is 22.9. The highest BCUT2D eigenvalue weighted by molar-refractivity contribution is 7.22. The van der Waals surface area contributed by atoms with E-state index >= 15 is 0 Å². The van der Waals surface area contributed by atoms with Crippen molar-refractivity contribution in [2.75, 3.05) is 26.4 Å². The highest BCUT2D eigenvalue weighted by Crippen LogP contribution is 2.59. The number of aliphatic hydroxyl groups excluding tert-OH is 2. The Labute approximate surface area is 374 Å². The van der Waals surface area contributed by atoms with Crippen LogP contribution in [0.3, 0.4) is 0 Å². The lowest BCUT2D eigenvalue weighted by Gasteiger charge is -2.35. The van der Waals surface area contributed by atoms with Crippen molar-refractivity contribution in [3.8, 4) is 65.8 Å². The topological polar surface area (TPSA) is 58.9 Å². The van der Waals surface area contributed by atoms with Gasteiger partial charge >= 0.3 is 0 Å². The van der Waals surface area contributed by atoms with Gasteiger partial charge in [0.2, 0.25) is 0 Å². The molecule has 306 valence electrons. The van der Waals surface area contributed by atoms with E-state index in [9.17, 15) is 10.2 Å². The van der Waals surface area contributed by atoms with Gasteiger partial charge in [-0.25, -0.2) is 0 Å². The van der Waals surface area contributed by atoms with Crippen LogP contribution in [0, 0.1) is 0 Å². The highest BCUT2D eigenvalue weighted by Gasteiger charge is 2.47. The van der Waals surface area contributed by atoms with Crippen molar-refractivity contribution >= 4 is 42.8 Å². The van der Waals surface area contributed by atoms with Gasteiger partial charge in [0.25, 0.3) is 0 Å². The second-order valence-corrected chi connectivity index (χ2v) is 18.0. The second kappa shape index (κ2) is 16.5. The molecule has 0 radical (unpaired) electrons. The Kier molecular flexibility index (Phi) is 10.2. The number of hydrogen-bond acceptors (Lipinski definition) is 6. The van der Waals surface area contributed by atoms with Gasteiger partial charge in [0.05, 0.1) is 18.6 Å². The van der Waals surface area contributed by atoms with Crippen molar-refractivity contribution in [2.45, 2.75) is 5.41 Å². The van der Waals surface area contributed by atoms with Gasteiger partial charge in [0.1, 0.15) is 24.7 Å². The number of ether oxygens (including phenoxy) is 2. The van der Waals surface area contributed by atoms with Crippen molar-refractivity contribution in [1.82, 2.24) is 0 Å². The van der Waals surface area contributed by atoms with Crippen LogP contribution in [-0.2, 0) is 5.41 Å². The largest absolute Gasteiger partial charge is 0.491 e. The van der Waals surface area contributed by atoms with Gasteiger partial charge in [-0.05, 0) is 127 Å². The molecule has 0 aliphatic heterocycles. The molecule has 11 rings (SSSR count). The van der Waals surface area contributed by atoms with Crippen LogP contribution in [0.25, 0.3) is 74.4 Å². The fourth-order valence-corrected chi connectivity index (χ4v) is 11.6. The molecule has 4 nitrogen and oxygen atoms in total. The first-order chi connectivity index (χ1) is 31.1. The molecule has 0 fully saturated rings. The quantitative estimate of drug-likeness (QED) is 0.129. The van der Waals surface area contributed by atoms with Gasteiger partial charge in [-0.3, -0.25) is 0 Å². The fourth-order valence-electron chi connectivity index (χ4n) is 9.45. The third-order valence-corrected chi connectivity index (χ3v) is 14.6. The van der Waals surface area contributed by atoms with Crippen LogP contribution >= 0.6 is 22.7 Å². The van der Waals surface area contributed by atoms with E-state index in [0.717, 1.165) is 33.4 Å². The molecular formula is C57H42O4S2. The van der Waals surface area contributed by atoms with E-state index in [0.29, 0.717) is 11.5 Å². The normalized spacial score (nSPS) is 12.7. The van der Waals surface area contributed by atoms with Crippen molar-refractivity contribution in [2.24, 2.45) is 0 Å². The number of rotatable bonds is 12. The maximum atomic E-state index is 9.86. The molecule has 8 aromatic carbocycles. The summed E-state index contributed by atoms with van der Waals surface area (Å²) in [5.74, 6) is 1.43. The molecule has 1 aliphatic carbocycles. The van der Waals surface area contributed by atoms with E-state index in [2.05, 4.69) is 182 Å². The molecule has 2 N–H and O–H groups in total. The molecule has 2 aromatic heterocycles. The molecule has 0 unspecified atom stereocenters. The van der Waals surface area contributed by atoms with E-state index in [-0.39, 0.29) is 26.4 Å². The summed E-state index contributed by atoms with van der Waals surface area (Å²) in [7, 11) is 0. The molecule has 0 spiro atoms. The lowest BCUT2D eigenvalue weighted by atomic mass is 9.66. The van der Waals surface area contributed by atoms with E-state index in [1.54, 1.807) is 0 Å². The summed E-state index contributed by atoms with van der Waals surface area (Å²) in [5, 5.41) is 22.2. The summed E-state index contributed by atoms with van der Waals surface area (Å²) in [6.45, 7) is 0.204. The van der Waals surface area contributed by atoms with Crippen LogP contribution < -0.4 is 9.47 Å². The first-order valence-electron chi connectivity index (χ1n) is 21.3. The maximum Gasteiger partial charge on any atom is 0.127 e. The lowest BCUT2D eigenvalue weighted by Crippen LogP contribution is -2.29. The molecule has 0 atom stereocenters. The molecule has 6 heteroatoms. The third-order valence-electron chi connectivity index (χ3n) is 12.2. The predicted molar refractivity (Wildman–Crippen MR) is 261 cm³/mol. The number of aliphatic hydroxyl groups is 2. The molecule has 0 bridgehead atoms. The Bertz CT molecular complexity index is 2990. The Morgan fingerprint density at radius 1 is 0.381 bits per heavy atom. The summed E-state index contributed by atoms with van der Waals surface area (Å²) < 4.78 is 15.1. The zero-order valence-corrected chi connectivity index (χ0v) is 36.0. The minimum Gasteiger partial charge on any atom is -0.491 e. The van der Waals surface area contributed by atoms with E-state index in [1.165, 1.54) is 63.3 Å². The molecule has 63 heavy (non-hydrogen) atoms. The summed E-state index contributed by atoms with van der Waals surface area (Å²) in [4.78, 5) is 2.46. The average Bonchev–Trinajstić information content (AvgIpc) is 4.06. The van der Waals surface area contributed by atoms with Crippen LogP contribution in [0.15, 0.2) is 194 Å². The monoisotopic (exact) mass is 854 g/mol. The second-order valence-electron chi connectivity index (χ2n) is 15.9. The lowest BCUT2D eigenvalue weighted by molar-refractivity contribution is 0.202. The molecule has 0 saturated carbocycles. The Balaban J connectivity index is 1.22. The molecule has 1 aliphatic rings. The molecule has 2 heterocycles. The van der Waals surface area contributed by atoms with Crippen LogP contribution in [0.5, 0.6) is 11.5 Å².